The first kappa shape index (κ1) is 12.3. The van der Waals surface area contributed by atoms with E-state index in [4.69, 9.17) is 16.3 Å². The summed E-state index contributed by atoms with van der Waals surface area (Å²) >= 11 is 5.46. The van der Waals surface area contributed by atoms with Gasteiger partial charge >= 0.3 is 0 Å². The summed E-state index contributed by atoms with van der Waals surface area (Å²) in [6.45, 7) is 1.74. The fourth-order valence-corrected chi connectivity index (χ4v) is 1.35. The quantitative estimate of drug-likeness (QED) is 0.551. The molecule has 0 spiro atoms. The molecule has 2 nitrogen and oxygen atoms in total. The summed E-state index contributed by atoms with van der Waals surface area (Å²) in [5.74, 6) is 0.279. The maximum atomic E-state index is 13.3. The number of alkyl halides is 1. The van der Waals surface area contributed by atoms with Crippen LogP contribution in [0.15, 0.2) is 24.3 Å². The molecule has 0 aliphatic carbocycles. The predicted molar refractivity (Wildman–Crippen MR) is 61.2 cm³/mol. The lowest BCUT2D eigenvalue weighted by Crippen LogP contribution is -2.23. The second kappa shape index (κ2) is 6.64. The Kier molecular flexibility index (Phi) is 5.43. The molecule has 0 saturated carbocycles. The lowest BCUT2D eigenvalue weighted by molar-refractivity contribution is 0.156. The first-order valence-electron chi connectivity index (χ1n) is 4.85. The monoisotopic (exact) mass is 231 g/mol. The van der Waals surface area contributed by atoms with Gasteiger partial charge in [-0.05, 0) is 12.1 Å². The molecule has 84 valence electrons. The Labute approximate surface area is 94.6 Å². The van der Waals surface area contributed by atoms with E-state index in [1.165, 1.54) is 6.07 Å². The van der Waals surface area contributed by atoms with Crippen LogP contribution in [-0.4, -0.2) is 32.7 Å². The molecule has 0 fully saturated rings. The van der Waals surface area contributed by atoms with Gasteiger partial charge < -0.3 is 9.64 Å². The fourth-order valence-electron chi connectivity index (χ4n) is 1.24. The van der Waals surface area contributed by atoms with Gasteiger partial charge in [0.25, 0.3) is 0 Å². The standard InChI is InChI=1S/C11H15ClFNO/c1-14(7-9-15-8-6-12)11-5-3-2-4-10(11)13/h2-5H,6-9H2,1H3. The molecule has 0 N–H and O–H groups in total. The minimum absolute atomic E-state index is 0.211. The summed E-state index contributed by atoms with van der Waals surface area (Å²) in [4.78, 5) is 1.82. The Morgan fingerprint density at radius 2 is 2.07 bits per heavy atom. The Bertz CT molecular complexity index is 296. The largest absolute Gasteiger partial charge is 0.378 e. The molecule has 4 heteroatoms. The highest BCUT2D eigenvalue weighted by atomic mass is 35.5. The van der Waals surface area contributed by atoms with Crippen LogP contribution in [0.5, 0.6) is 0 Å². The topological polar surface area (TPSA) is 12.5 Å². The van der Waals surface area contributed by atoms with E-state index in [9.17, 15) is 4.39 Å². The zero-order valence-corrected chi connectivity index (χ0v) is 9.51. The molecule has 0 amide bonds. The van der Waals surface area contributed by atoms with E-state index in [1.54, 1.807) is 12.1 Å². The van der Waals surface area contributed by atoms with Gasteiger partial charge in [-0.1, -0.05) is 12.1 Å². The van der Waals surface area contributed by atoms with Crippen molar-refractivity contribution in [2.45, 2.75) is 0 Å². The van der Waals surface area contributed by atoms with Crippen molar-refractivity contribution in [2.24, 2.45) is 0 Å². The van der Waals surface area contributed by atoms with E-state index in [0.717, 1.165) is 0 Å². The van der Waals surface area contributed by atoms with Crippen molar-refractivity contribution in [1.29, 1.82) is 0 Å². The van der Waals surface area contributed by atoms with Crippen LogP contribution in [0.4, 0.5) is 10.1 Å². The molecule has 0 aromatic heterocycles. The van der Waals surface area contributed by atoms with Crippen LogP contribution >= 0.6 is 11.6 Å². The summed E-state index contributed by atoms with van der Waals surface area (Å²) in [7, 11) is 1.84. The first-order valence-corrected chi connectivity index (χ1v) is 5.38. The van der Waals surface area contributed by atoms with Crippen molar-refractivity contribution in [3.8, 4) is 0 Å². The van der Waals surface area contributed by atoms with Crippen LogP contribution in [0.3, 0.4) is 0 Å². The molecular formula is C11H15ClFNO. The minimum Gasteiger partial charge on any atom is -0.378 e. The van der Waals surface area contributed by atoms with Gasteiger partial charge in [0.2, 0.25) is 0 Å². The molecule has 0 aliphatic heterocycles. The molecule has 1 aromatic carbocycles. The highest BCUT2D eigenvalue weighted by Gasteiger charge is 2.05. The molecule has 0 heterocycles. The molecule has 0 bridgehead atoms. The average molecular weight is 232 g/mol. The van der Waals surface area contributed by atoms with E-state index in [-0.39, 0.29) is 5.82 Å². The highest BCUT2D eigenvalue weighted by molar-refractivity contribution is 6.17. The van der Waals surface area contributed by atoms with Crippen molar-refractivity contribution in [3.05, 3.63) is 30.1 Å². The number of nitrogens with zero attached hydrogens (tertiary/aromatic N) is 1. The van der Waals surface area contributed by atoms with Crippen molar-refractivity contribution in [1.82, 2.24) is 0 Å². The summed E-state index contributed by atoms with van der Waals surface area (Å²) in [5.41, 5.74) is 0.590. The molecular weight excluding hydrogens is 217 g/mol. The SMILES string of the molecule is CN(CCOCCCl)c1ccccc1F. The molecule has 0 saturated heterocycles. The molecule has 0 atom stereocenters. The maximum Gasteiger partial charge on any atom is 0.146 e. The summed E-state index contributed by atoms with van der Waals surface area (Å²) in [6, 6.07) is 6.69. The summed E-state index contributed by atoms with van der Waals surface area (Å²) in [5, 5.41) is 0. The van der Waals surface area contributed by atoms with E-state index in [2.05, 4.69) is 0 Å². The summed E-state index contributed by atoms with van der Waals surface area (Å²) in [6.07, 6.45) is 0. The Balaban J connectivity index is 2.40. The van der Waals surface area contributed by atoms with Gasteiger partial charge in [0.1, 0.15) is 5.82 Å². The first-order chi connectivity index (χ1) is 7.25. The van der Waals surface area contributed by atoms with Gasteiger partial charge in [-0.2, -0.15) is 0 Å². The maximum absolute atomic E-state index is 13.3. The zero-order valence-electron chi connectivity index (χ0n) is 8.75. The molecule has 1 rings (SSSR count). The Morgan fingerprint density at radius 1 is 1.33 bits per heavy atom. The minimum atomic E-state index is -0.211. The van der Waals surface area contributed by atoms with E-state index >= 15 is 0 Å². The number of anilines is 1. The van der Waals surface area contributed by atoms with Crippen molar-refractivity contribution < 1.29 is 9.13 Å². The van der Waals surface area contributed by atoms with Crippen LogP contribution in [0, 0.1) is 5.82 Å². The van der Waals surface area contributed by atoms with Gasteiger partial charge in [-0.3, -0.25) is 0 Å². The number of likely N-dealkylation sites (N-methyl/N-ethyl adjacent to an activating group) is 1. The van der Waals surface area contributed by atoms with Crippen molar-refractivity contribution in [2.75, 3.05) is 37.6 Å². The predicted octanol–water partition coefficient (Wildman–Crippen LogP) is 2.52. The molecule has 0 radical (unpaired) electrons. The second-order valence-corrected chi connectivity index (χ2v) is 3.55. The smallest absolute Gasteiger partial charge is 0.146 e. The number of rotatable bonds is 6. The Morgan fingerprint density at radius 3 is 2.73 bits per heavy atom. The summed E-state index contributed by atoms with van der Waals surface area (Å²) < 4.78 is 18.5. The van der Waals surface area contributed by atoms with Crippen LogP contribution in [0.1, 0.15) is 0 Å². The third-order valence-electron chi connectivity index (χ3n) is 2.06. The van der Waals surface area contributed by atoms with Crippen molar-refractivity contribution >= 4 is 17.3 Å². The fraction of sp³-hybridized carbons (Fsp3) is 0.455. The second-order valence-electron chi connectivity index (χ2n) is 3.17. The number of hydrogen-bond acceptors (Lipinski definition) is 2. The van der Waals surface area contributed by atoms with Crippen LogP contribution in [0.2, 0.25) is 0 Å². The van der Waals surface area contributed by atoms with Crippen LogP contribution in [0.25, 0.3) is 0 Å². The van der Waals surface area contributed by atoms with Crippen molar-refractivity contribution in [3.63, 3.8) is 0 Å². The Hall–Kier alpha value is -0.800. The molecule has 1 aromatic rings. The number of benzene rings is 1. The normalized spacial score (nSPS) is 10.3. The zero-order chi connectivity index (χ0) is 11.1. The number of ether oxygens (including phenoxy) is 1. The third-order valence-corrected chi connectivity index (χ3v) is 2.21. The van der Waals surface area contributed by atoms with Crippen LogP contribution < -0.4 is 4.90 Å². The van der Waals surface area contributed by atoms with Gasteiger partial charge in [0.05, 0.1) is 18.9 Å². The van der Waals surface area contributed by atoms with E-state index in [0.29, 0.717) is 31.3 Å². The van der Waals surface area contributed by atoms with E-state index in [1.807, 2.05) is 18.0 Å². The van der Waals surface area contributed by atoms with Crippen LogP contribution in [-0.2, 0) is 4.74 Å². The number of hydrogen-bond donors (Lipinski definition) is 0. The number of para-hydroxylation sites is 1. The molecule has 15 heavy (non-hydrogen) atoms. The van der Waals surface area contributed by atoms with E-state index < -0.39 is 0 Å². The highest BCUT2D eigenvalue weighted by Crippen LogP contribution is 2.16. The molecule has 0 aliphatic rings. The van der Waals surface area contributed by atoms with Gasteiger partial charge in [-0.15, -0.1) is 11.6 Å². The lowest BCUT2D eigenvalue weighted by Gasteiger charge is -2.19. The average Bonchev–Trinajstić information content (AvgIpc) is 2.25. The van der Waals surface area contributed by atoms with Gasteiger partial charge in [0, 0.05) is 19.5 Å². The van der Waals surface area contributed by atoms with Gasteiger partial charge in [0.15, 0.2) is 0 Å². The third kappa shape index (κ3) is 4.06. The number of halogens is 2. The lowest BCUT2D eigenvalue weighted by atomic mass is 10.3. The van der Waals surface area contributed by atoms with Gasteiger partial charge in [-0.25, -0.2) is 4.39 Å². The molecule has 0 unspecified atom stereocenters.